The Morgan fingerprint density at radius 2 is 1.91 bits per heavy atom. The van der Waals surface area contributed by atoms with Crippen molar-refractivity contribution in [2.75, 3.05) is 0 Å². The molecule has 7 nitrogen and oxygen atoms in total. The highest BCUT2D eigenvalue weighted by atomic mass is 32.1. The minimum absolute atomic E-state index is 0.0242. The quantitative estimate of drug-likeness (QED) is 0.408. The lowest BCUT2D eigenvalue weighted by atomic mass is 9.83. The topological polar surface area (TPSA) is 137 Å². The van der Waals surface area contributed by atoms with Gasteiger partial charge in [0, 0.05) is 11.8 Å². The maximum Gasteiger partial charge on any atom is 0.268 e. The third-order valence-electron chi connectivity index (χ3n) is 3.92. The Hall–Kier alpha value is -1.96. The predicted octanol–water partition coefficient (Wildman–Crippen LogP) is 1.04. The van der Waals surface area contributed by atoms with Crippen LogP contribution in [0.5, 0.6) is 0 Å². The average molecular weight is 323 g/mol. The lowest BCUT2D eigenvalue weighted by Crippen LogP contribution is -2.27. The van der Waals surface area contributed by atoms with E-state index in [2.05, 4.69) is 9.98 Å². The van der Waals surface area contributed by atoms with E-state index in [1.165, 1.54) is 16.7 Å². The zero-order valence-corrected chi connectivity index (χ0v) is 13.1. The van der Waals surface area contributed by atoms with Crippen LogP contribution in [-0.4, -0.2) is 28.7 Å². The third kappa shape index (κ3) is 4.52. The molecule has 1 amide bonds. The van der Waals surface area contributed by atoms with Crippen molar-refractivity contribution < 1.29 is 9.59 Å². The molecule has 1 fully saturated rings. The third-order valence-corrected chi connectivity index (χ3v) is 4.81. The van der Waals surface area contributed by atoms with Crippen LogP contribution in [0, 0.1) is 5.92 Å². The van der Waals surface area contributed by atoms with Crippen LogP contribution in [0.2, 0.25) is 0 Å². The first kappa shape index (κ1) is 16.4. The number of Topliss-reactive ketones (excluding diaryl/α,β-unsaturated/α-hetero) is 1. The molecule has 0 aliphatic heterocycles. The number of aromatic nitrogens is 1. The summed E-state index contributed by atoms with van der Waals surface area (Å²) in [6, 6.07) is 0.217. The first-order chi connectivity index (χ1) is 10.5. The highest BCUT2D eigenvalue weighted by Crippen LogP contribution is 2.30. The van der Waals surface area contributed by atoms with E-state index < -0.39 is 5.91 Å². The number of thiazole rings is 1. The normalized spacial score (nSPS) is 21.3. The summed E-state index contributed by atoms with van der Waals surface area (Å²) in [5.41, 5.74) is 16.1. The molecule has 0 bridgehead atoms. The van der Waals surface area contributed by atoms with E-state index in [1.807, 2.05) is 0 Å². The van der Waals surface area contributed by atoms with Crippen molar-refractivity contribution in [2.24, 2.45) is 28.1 Å². The lowest BCUT2D eigenvalue weighted by Gasteiger charge is -2.25. The lowest BCUT2D eigenvalue weighted by molar-refractivity contribution is 0.0969. The maximum absolute atomic E-state index is 12.1. The Kier molecular flexibility index (Phi) is 5.48. The van der Waals surface area contributed by atoms with E-state index in [-0.39, 0.29) is 23.5 Å². The van der Waals surface area contributed by atoms with Gasteiger partial charge in [0.15, 0.2) is 16.8 Å². The molecule has 0 aromatic carbocycles. The van der Waals surface area contributed by atoms with Gasteiger partial charge in [-0.1, -0.05) is 0 Å². The molecule has 1 saturated carbocycles. The van der Waals surface area contributed by atoms with Crippen LogP contribution in [0.15, 0.2) is 10.4 Å². The number of hydrogen-bond acceptors (Lipinski definition) is 5. The van der Waals surface area contributed by atoms with Gasteiger partial charge in [-0.15, -0.1) is 11.3 Å². The van der Waals surface area contributed by atoms with E-state index in [1.54, 1.807) is 0 Å². The fraction of sp³-hybridized carbons (Fsp3) is 0.571. The van der Waals surface area contributed by atoms with E-state index in [9.17, 15) is 9.59 Å². The molecule has 8 heteroatoms. The molecular weight excluding hydrogens is 302 g/mol. The van der Waals surface area contributed by atoms with Crippen molar-refractivity contribution in [3.8, 4) is 0 Å². The summed E-state index contributed by atoms with van der Waals surface area (Å²) in [6.45, 7) is 0. The van der Waals surface area contributed by atoms with E-state index in [4.69, 9.17) is 17.2 Å². The van der Waals surface area contributed by atoms with Crippen molar-refractivity contribution in [2.45, 2.75) is 44.6 Å². The molecule has 1 aromatic rings. The Labute approximate surface area is 133 Å². The minimum Gasteiger partial charge on any atom is -0.370 e. The number of carbonyl (C=O) groups is 2. The number of nitrogens with two attached hydrogens (primary N) is 3. The van der Waals surface area contributed by atoms with E-state index in [0.717, 1.165) is 32.1 Å². The largest absolute Gasteiger partial charge is 0.370 e. The molecule has 0 unspecified atom stereocenters. The smallest absolute Gasteiger partial charge is 0.268 e. The van der Waals surface area contributed by atoms with Crippen molar-refractivity contribution in [1.82, 2.24) is 4.98 Å². The summed E-state index contributed by atoms with van der Waals surface area (Å²) < 4.78 is 0. The van der Waals surface area contributed by atoms with Crippen molar-refractivity contribution in [3.05, 3.63) is 16.1 Å². The first-order valence-electron chi connectivity index (χ1n) is 7.33. The van der Waals surface area contributed by atoms with Crippen LogP contribution in [0.25, 0.3) is 0 Å². The zero-order valence-electron chi connectivity index (χ0n) is 12.3. The second-order valence-corrected chi connectivity index (χ2v) is 6.45. The molecule has 0 radical (unpaired) electrons. The van der Waals surface area contributed by atoms with Crippen LogP contribution in [0.4, 0.5) is 0 Å². The number of rotatable bonds is 6. The molecule has 120 valence electrons. The number of ketones is 1. The van der Waals surface area contributed by atoms with Crippen LogP contribution in [0.1, 0.15) is 58.8 Å². The minimum atomic E-state index is -0.603. The molecule has 1 aliphatic carbocycles. The number of aliphatic imine (C=N–C) groups is 1. The highest BCUT2D eigenvalue weighted by Gasteiger charge is 2.22. The summed E-state index contributed by atoms with van der Waals surface area (Å²) >= 11 is 1.17. The van der Waals surface area contributed by atoms with Crippen molar-refractivity contribution >= 4 is 29.0 Å². The number of hydrogen-bond donors (Lipinski definition) is 3. The molecule has 0 spiro atoms. The molecule has 0 atom stereocenters. The van der Waals surface area contributed by atoms with E-state index in [0.29, 0.717) is 17.3 Å². The zero-order chi connectivity index (χ0) is 16.1. The van der Waals surface area contributed by atoms with Gasteiger partial charge in [0.25, 0.3) is 5.91 Å². The highest BCUT2D eigenvalue weighted by molar-refractivity contribution is 7.11. The van der Waals surface area contributed by atoms with Crippen LogP contribution in [-0.2, 0) is 0 Å². The Balaban J connectivity index is 1.77. The molecular formula is C14H21N5O2S. The van der Waals surface area contributed by atoms with Crippen LogP contribution in [0.3, 0.4) is 0 Å². The van der Waals surface area contributed by atoms with Crippen LogP contribution >= 0.6 is 11.3 Å². The molecule has 6 N–H and O–H groups in total. The molecule has 1 aromatic heterocycles. The van der Waals surface area contributed by atoms with Crippen LogP contribution < -0.4 is 17.2 Å². The summed E-state index contributed by atoms with van der Waals surface area (Å²) in [5.74, 6) is 0.0369. The maximum atomic E-state index is 12.1. The van der Waals surface area contributed by atoms with Gasteiger partial charge < -0.3 is 17.2 Å². The van der Waals surface area contributed by atoms with Crippen molar-refractivity contribution in [1.29, 1.82) is 0 Å². The average Bonchev–Trinajstić information content (AvgIpc) is 2.96. The summed E-state index contributed by atoms with van der Waals surface area (Å²) in [4.78, 5) is 31.2. The molecule has 1 heterocycles. The van der Waals surface area contributed by atoms with Gasteiger partial charge in [0.1, 0.15) is 5.69 Å². The molecule has 22 heavy (non-hydrogen) atoms. The monoisotopic (exact) mass is 323 g/mol. The Morgan fingerprint density at radius 3 is 2.45 bits per heavy atom. The van der Waals surface area contributed by atoms with Gasteiger partial charge in [-0.2, -0.15) is 0 Å². The molecule has 0 saturated heterocycles. The van der Waals surface area contributed by atoms with Gasteiger partial charge in [-0.25, -0.2) is 4.98 Å². The number of primary amides is 1. The standard InChI is InChI=1S/C14H21N5O2S/c15-12(21)10-7-22-13(19-10)11(20)6-3-8-1-4-9(5-2-8)18-14(16)17/h7-9H,1-6H2,(H2,15,21)(H4,16,17,18). The van der Waals surface area contributed by atoms with Gasteiger partial charge in [-0.3, -0.25) is 14.6 Å². The number of guanidine groups is 1. The SMILES string of the molecule is NC(=O)c1csc(C(=O)CCC2CCC(N=C(N)N)CC2)n1. The second-order valence-electron chi connectivity index (χ2n) is 5.59. The van der Waals surface area contributed by atoms with Gasteiger partial charge >= 0.3 is 0 Å². The fourth-order valence-electron chi connectivity index (χ4n) is 2.73. The van der Waals surface area contributed by atoms with E-state index >= 15 is 0 Å². The number of carbonyl (C=O) groups excluding carboxylic acids is 2. The predicted molar refractivity (Wildman–Crippen MR) is 85.8 cm³/mol. The Bertz CT molecular complexity index is 572. The molecule has 1 aliphatic rings. The first-order valence-corrected chi connectivity index (χ1v) is 8.21. The summed E-state index contributed by atoms with van der Waals surface area (Å²) in [6.07, 6.45) is 5.25. The summed E-state index contributed by atoms with van der Waals surface area (Å²) in [7, 11) is 0. The van der Waals surface area contributed by atoms with Gasteiger partial charge in [-0.05, 0) is 38.0 Å². The van der Waals surface area contributed by atoms with Gasteiger partial charge in [0.2, 0.25) is 0 Å². The van der Waals surface area contributed by atoms with Crippen molar-refractivity contribution in [3.63, 3.8) is 0 Å². The Morgan fingerprint density at radius 1 is 1.23 bits per heavy atom. The number of nitrogens with zero attached hydrogens (tertiary/aromatic N) is 2. The number of amides is 1. The summed E-state index contributed by atoms with van der Waals surface area (Å²) in [5, 5.41) is 1.89. The van der Waals surface area contributed by atoms with Gasteiger partial charge in [0.05, 0.1) is 6.04 Å². The molecule has 2 rings (SSSR count). The second kappa shape index (κ2) is 7.35. The fourth-order valence-corrected chi connectivity index (χ4v) is 3.51.